The van der Waals surface area contributed by atoms with E-state index >= 15 is 0 Å². The number of nitrogens with zero attached hydrogens (tertiary/aromatic N) is 1. The third-order valence-electron chi connectivity index (χ3n) is 3.04. The van der Waals surface area contributed by atoms with Gasteiger partial charge in [-0.3, -0.25) is 11.3 Å². The van der Waals surface area contributed by atoms with E-state index in [1.54, 1.807) is 18.4 Å². The highest BCUT2D eigenvalue weighted by molar-refractivity contribution is 7.18. The molecule has 0 amide bonds. The van der Waals surface area contributed by atoms with Gasteiger partial charge in [0.1, 0.15) is 0 Å². The van der Waals surface area contributed by atoms with Gasteiger partial charge in [-0.2, -0.15) is 0 Å². The number of para-hydroxylation sites is 1. The van der Waals surface area contributed by atoms with Crippen LogP contribution in [-0.2, 0) is 15.9 Å². The summed E-state index contributed by atoms with van der Waals surface area (Å²) in [4.78, 5) is 4.62. The molecule has 0 saturated carbocycles. The second-order valence-corrected chi connectivity index (χ2v) is 5.65. The summed E-state index contributed by atoms with van der Waals surface area (Å²) in [6, 6.07) is 8.35. The third-order valence-corrected chi connectivity index (χ3v) is 4.10. The molecule has 6 heteroatoms. The Morgan fingerprint density at radius 3 is 2.90 bits per heavy atom. The van der Waals surface area contributed by atoms with Crippen LogP contribution in [-0.4, -0.2) is 38.0 Å². The topological polar surface area (TPSA) is 69.4 Å². The summed E-state index contributed by atoms with van der Waals surface area (Å²) in [6.45, 7) is 1.91. The van der Waals surface area contributed by atoms with Crippen molar-refractivity contribution in [2.75, 3.05) is 26.9 Å². The molecule has 0 aliphatic heterocycles. The van der Waals surface area contributed by atoms with Gasteiger partial charge in [-0.25, -0.2) is 4.98 Å². The van der Waals surface area contributed by atoms with Crippen LogP contribution in [0, 0.1) is 0 Å². The quantitative estimate of drug-likeness (QED) is 0.419. The number of ether oxygens (including phenoxy) is 2. The lowest BCUT2D eigenvalue weighted by Crippen LogP contribution is -2.37. The predicted molar refractivity (Wildman–Crippen MR) is 81.7 cm³/mol. The Balaban J connectivity index is 1.82. The molecule has 0 spiro atoms. The van der Waals surface area contributed by atoms with Crippen LogP contribution in [0.15, 0.2) is 24.3 Å². The average Bonchev–Trinajstić information content (AvgIpc) is 2.88. The first-order valence-corrected chi connectivity index (χ1v) is 7.52. The van der Waals surface area contributed by atoms with E-state index in [4.69, 9.17) is 15.3 Å². The van der Waals surface area contributed by atoms with Gasteiger partial charge in [0.25, 0.3) is 0 Å². The monoisotopic (exact) mass is 295 g/mol. The van der Waals surface area contributed by atoms with E-state index in [0.717, 1.165) is 23.4 Å². The van der Waals surface area contributed by atoms with Crippen LogP contribution in [0.5, 0.6) is 0 Å². The molecule has 1 atom stereocenters. The van der Waals surface area contributed by atoms with Crippen molar-refractivity contribution < 1.29 is 9.47 Å². The molecule has 3 N–H and O–H groups in total. The Hall–Kier alpha value is -1.05. The summed E-state index contributed by atoms with van der Waals surface area (Å²) < 4.78 is 11.6. The molecule has 1 heterocycles. The first kappa shape index (κ1) is 15.3. The number of hydrogen-bond donors (Lipinski definition) is 2. The standard InChI is InChI=1S/C14H21N3O2S/c1-18-8-9-19-7-6-11(17-15)10-14-16-12-4-2-3-5-13(12)20-14/h2-5,11,17H,6-10,15H2,1H3. The minimum Gasteiger partial charge on any atom is -0.382 e. The van der Waals surface area contributed by atoms with Crippen LogP contribution in [0.3, 0.4) is 0 Å². The zero-order valence-electron chi connectivity index (χ0n) is 11.7. The van der Waals surface area contributed by atoms with E-state index in [0.29, 0.717) is 19.8 Å². The molecule has 2 rings (SSSR count). The molecule has 0 fully saturated rings. The Kier molecular flexibility index (Phi) is 6.35. The van der Waals surface area contributed by atoms with Crippen molar-refractivity contribution in [3.05, 3.63) is 29.3 Å². The van der Waals surface area contributed by atoms with E-state index in [1.807, 2.05) is 18.2 Å². The molecule has 0 bridgehead atoms. The SMILES string of the molecule is COCCOCCC(Cc1nc2ccccc2s1)NN. The molecule has 0 saturated heterocycles. The van der Waals surface area contributed by atoms with E-state index in [2.05, 4.69) is 16.5 Å². The molecular weight excluding hydrogens is 274 g/mol. The van der Waals surface area contributed by atoms with E-state index < -0.39 is 0 Å². The van der Waals surface area contributed by atoms with Crippen LogP contribution >= 0.6 is 11.3 Å². The molecule has 2 aromatic rings. The lowest BCUT2D eigenvalue weighted by Gasteiger charge is -2.14. The maximum Gasteiger partial charge on any atom is 0.0954 e. The highest BCUT2D eigenvalue weighted by Crippen LogP contribution is 2.22. The summed E-state index contributed by atoms with van der Waals surface area (Å²) in [5, 5.41) is 1.10. The van der Waals surface area contributed by atoms with Crippen molar-refractivity contribution in [3.8, 4) is 0 Å². The van der Waals surface area contributed by atoms with E-state index in [-0.39, 0.29) is 6.04 Å². The minimum atomic E-state index is 0.179. The van der Waals surface area contributed by atoms with Crippen LogP contribution in [0.2, 0.25) is 0 Å². The number of thiazole rings is 1. The molecule has 20 heavy (non-hydrogen) atoms. The molecule has 0 radical (unpaired) electrons. The minimum absolute atomic E-state index is 0.179. The van der Waals surface area contributed by atoms with Gasteiger partial charge in [0, 0.05) is 26.2 Å². The summed E-state index contributed by atoms with van der Waals surface area (Å²) in [5.41, 5.74) is 3.90. The van der Waals surface area contributed by atoms with Gasteiger partial charge >= 0.3 is 0 Å². The lowest BCUT2D eigenvalue weighted by atomic mass is 10.1. The third kappa shape index (κ3) is 4.50. The normalized spacial score (nSPS) is 12.9. The Morgan fingerprint density at radius 1 is 1.30 bits per heavy atom. The number of hydrogen-bond acceptors (Lipinski definition) is 6. The van der Waals surface area contributed by atoms with Gasteiger partial charge in [-0.15, -0.1) is 11.3 Å². The summed E-state index contributed by atoms with van der Waals surface area (Å²) in [5.74, 6) is 5.60. The number of methoxy groups -OCH3 is 1. The van der Waals surface area contributed by atoms with E-state index in [9.17, 15) is 0 Å². The zero-order valence-corrected chi connectivity index (χ0v) is 12.5. The van der Waals surface area contributed by atoms with Gasteiger partial charge in [0.2, 0.25) is 0 Å². The molecule has 0 aliphatic carbocycles. The summed E-state index contributed by atoms with van der Waals surface area (Å²) in [7, 11) is 1.67. The second kappa shape index (κ2) is 8.28. The number of aromatic nitrogens is 1. The van der Waals surface area contributed by atoms with Gasteiger partial charge in [-0.1, -0.05) is 12.1 Å². The number of nitrogens with one attached hydrogen (secondary N) is 1. The number of nitrogens with two attached hydrogens (primary N) is 1. The van der Waals surface area contributed by atoms with Crippen LogP contribution in [0.1, 0.15) is 11.4 Å². The van der Waals surface area contributed by atoms with Crippen molar-refractivity contribution >= 4 is 21.6 Å². The Morgan fingerprint density at radius 2 is 2.15 bits per heavy atom. The van der Waals surface area contributed by atoms with Crippen LogP contribution in [0.4, 0.5) is 0 Å². The van der Waals surface area contributed by atoms with Crippen LogP contribution in [0.25, 0.3) is 10.2 Å². The van der Waals surface area contributed by atoms with Gasteiger partial charge < -0.3 is 9.47 Å². The first-order valence-electron chi connectivity index (χ1n) is 6.70. The molecule has 1 aromatic carbocycles. The average molecular weight is 295 g/mol. The maximum atomic E-state index is 5.60. The zero-order chi connectivity index (χ0) is 14.2. The fraction of sp³-hybridized carbons (Fsp3) is 0.500. The number of hydrazine groups is 1. The van der Waals surface area contributed by atoms with Gasteiger partial charge in [-0.05, 0) is 18.6 Å². The number of fused-ring (bicyclic) bond motifs is 1. The highest BCUT2D eigenvalue weighted by atomic mass is 32.1. The van der Waals surface area contributed by atoms with Crippen LogP contribution < -0.4 is 11.3 Å². The fourth-order valence-electron chi connectivity index (χ4n) is 1.93. The summed E-state index contributed by atoms with van der Waals surface area (Å²) in [6.07, 6.45) is 1.68. The number of benzene rings is 1. The van der Waals surface area contributed by atoms with Gasteiger partial charge in [0.15, 0.2) is 0 Å². The van der Waals surface area contributed by atoms with Crippen molar-refractivity contribution in [2.24, 2.45) is 5.84 Å². The fourth-order valence-corrected chi connectivity index (χ4v) is 2.98. The highest BCUT2D eigenvalue weighted by Gasteiger charge is 2.11. The second-order valence-electron chi connectivity index (χ2n) is 4.54. The largest absolute Gasteiger partial charge is 0.382 e. The molecule has 110 valence electrons. The number of rotatable bonds is 9. The van der Waals surface area contributed by atoms with Gasteiger partial charge in [0.05, 0.1) is 28.4 Å². The molecule has 1 aromatic heterocycles. The molecule has 0 aliphatic rings. The van der Waals surface area contributed by atoms with Crippen molar-refractivity contribution in [1.82, 2.24) is 10.4 Å². The van der Waals surface area contributed by atoms with Crippen molar-refractivity contribution in [1.29, 1.82) is 0 Å². The molecule has 5 nitrogen and oxygen atoms in total. The summed E-state index contributed by atoms with van der Waals surface area (Å²) >= 11 is 1.72. The van der Waals surface area contributed by atoms with Crippen molar-refractivity contribution in [2.45, 2.75) is 18.9 Å². The Bertz CT molecular complexity index is 485. The maximum absolute atomic E-state index is 5.60. The predicted octanol–water partition coefficient (Wildman–Crippen LogP) is 1.72. The van der Waals surface area contributed by atoms with Crippen molar-refractivity contribution in [3.63, 3.8) is 0 Å². The molecular formula is C14H21N3O2S. The Labute approximate surface area is 123 Å². The lowest BCUT2D eigenvalue weighted by molar-refractivity contribution is 0.0658. The molecule has 1 unspecified atom stereocenters. The smallest absolute Gasteiger partial charge is 0.0954 e. The van der Waals surface area contributed by atoms with E-state index in [1.165, 1.54) is 4.70 Å². The first-order chi connectivity index (χ1) is 9.83.